The number of aromatic amines is 1. The summed E-state index contributed by atoms with van der Waals surface area (Å²) in [6, 6.07) is 7.16. The van der Waals surface area contributed by atoms with Gasteiger partial charge in [0.25, 0.3) is 0 Å². The molecule has 0 saturated carbocycles. The van der Waals surface area contributed by atoms with Gasteiger partial charge in [-0.1, -0.05) is 25.1 Å². The number of para-hydroxylation sites is 1. The van der Waals surface area contributed by atoms with Crippen LogP contribution in [0.5, 0.6) is 5.75 Å². The van der Waals surface area contributed by atoms with Crippen molar-refractivity contribution in [3.63, 3.8) is 0 Å². The highest BCUT2D eigenvalue weighted by Gasteiger charge is 2.21. The summed E-state index contributed by atoms with van der Waals surface area (Å²) < 4.78 is 0. The second-order valence-electron chi connectivity index (χ2n) is 4.00. The SMILES string of the molecule is CCC[S+](C)c1c([O-])c2ccccc2[nH]c1=O. The molecule has 0 aliphatic carbocycles. The molecule has 1 aromatic heterocycles. The lowest BCUT2D eigenvalue weighted by Crippen LogP contribution is -2.21. The summed E-state index contributed by atoms with van der Waals surface area (Å²) >= 11 is 0. The van der Waals surface area contributed by atoms with Gasteiger partial charge in [0, 0.05) is 16.4 Å². The molecule has 0 amide bonds. The molecule has 17 heavy (non-hydrogen) atoms. The lowest BCUT2D eigenvalue weighted by molar-refractivity contribution is -0.270. The van der Waals surface area contributed by atoms with Gasteiger partial charge in [0.2, 0.25) is 4.90 Å². The van der Waals surface area contributed by atoms with Crippen molar-refractivity contribution in [3.05, 3.63) is 34.6 Å². The maximum atomic E-state index is 12.3. The van der Waals surface area contributed by atoms with Gasteiger partial charge in [0.1, 0.15) is 12.0 Å². The topological polar surface area (TPSA) is 55.9 Å². The predicted octanol–water partition coefficient (Wildman–Crippen LogP) is 1.62. The molecule has 1 atom stereocenters. The number of hydrogen-bond acceptors (Lipinski definition) is 2. The van der Waals surface area contributed by atoms with Crippen LogP contribution in [0.25, 0.3) is 10.9 Å². The van der Waals surface area contributed by atoms with Crippen LogP contribution in [0.4, 0.5) is 0 Å². The summed E-state index contributed by atoms with van der Waals surface area (Å²) in [5.74, 6) is 0.778. The lowest BCUT2D eigenvalue weighted by atomic mass is 10.2. The van der Waals surface area contributed by atoms with Crippen LogP contribution in [0.15, 0.2) is 34.0 Å². The van der Waals surface area contributed by atoms with Crippen molar-refractivity contribution in [2.24, 2.45) is 0 Å². The van der Waals surface area contributed by atoms with Gasteiger partial charge in [0.05, 0.1) is 0 Å². The molecule has 1 heterocycles. The molecule has 90 valence electrons. The molecule has 2 aromatic rings. The highest BCUT2D eigenvalue weighted by Crippen LogP contribution is 2.25. The third-order valence-corrected chi connectivity index (χ3v) is 4.78. The summed E-state index contributed by atoms with van der Waals surface area (Å²) in [5.41, 5.74) is 0.396. The molecule has 1 aromatic carbocycles. The first-order chi connectivity index (χ1) is 8.15. The van der Waals surface area contributed by atoms with Gasteiger partial charge < -0.3 is 10.1 Å². The standard InChI is InChI=1S/C13H15NO2S/c1-3-8-17(2)12-11(15)9-6-4-5-7-10(9)14-13(12)16/h4-7H,3,8H2,1-2H3,(H-,14,15,16). The van der Waals surface area contributed by atoms with Crippen LogP contribution >= 0.6 is 0 Å². The van der Waals surface area contributed by atoms with Crippen LogP contribution in [-0.2, 0) is 10.9 Å². The van der Waals surface area contributed by atoms with E-state index in [1.165, 1.54) is 0 Å². The highest BCUT2D eigenvalue weighted by atomic mass is 32.2. The first kappa shape index (κ1) is 12.0. The van der Waals surface area contributed by atoms with Crippen molar-refractivity contribution in [1.29, 1.82) is 0 Å². The van der Waals surface area contributed by atoms with E-state index >= 15 is 0 Å². The van der Waals surface area contributed by atoms with E-state index in [2.05, 4.69) is 11.9 Å². The van der Waals surface area contributed by atoms with Gasteiger partial charge in [-0.2, -0.15) is 0 Å². The summed E-state index contributed by atoms with van der Waals surface area (Å²) in [6.07, 6.45) is 2.94. The van der Waals surface area contributed by atoms with Crippen molar-refractivity contribution in [3.8, 4) is 5.75 Å². The average Bonchev–Trinajstić information content (AvgIpc) is 2.29. The summed E-state index contributed by atoms with van der Waals surface area (Å²) in [6.45, 7) is 2.06. The zero-order valence-electron chi connectivity index (χ0n) is 9.95. The molecule has 0 bridgehead atoms. The van der Waals surface area contributed by atoms with Crippen LogP contribution < -0.4 is 10.7 Å². The summed E-state index contributed by atoms with van der Waals surface area (Å²) in [7, 11) is -0.269. The molecule has 0 aliphatic heterocycles. The molecule has 0 spiro atoms. The second kappa shape index (κ2) is 4.84. The molecule has 0 aliphatic rings. The number of rotatable bonds is 3. The Kier molecular flexibility index (Phi) is 3.43. The number of benzene rings is 1. The van der Waals surface area contributed by atoms with Crippen LogP contribution in [-0.4, -0.2) is 17.0 Å². The molecular weight excluding hydrogens is 234 g/mol. The molecule has 1 N–H and O–H groups in total. The third-order valence-electron chi connectivity index (χ3n) is 2.69. The Hall–Kier alpha value is -1.42. The number of aromatic nitrogens is 1. The molecule has 0 radical (unpaired) electrons. The minimum atomic E-state index is -0.269. The van der Waals surface area contributed by atoms with Gasteiger partial charge in [-0.25, -0.2) is 0 Å². The van der Waals surface area contributed by atoms with Gasteiger partial charge in [-0.15, -0.1) is 0 Å². The number of pyridine rings is 1. The zero-order chi connectivity index (χ0) is 12.4. The van der Waals surface area contributed by atoms with Crippen molar-refractivity contribution < 1.29 is 5.11 Å². The van der Waals surface area contributed by atoms with Crippen LogP contribution in [0.1, 0.15) is 13.3 Å². The van der Waals surface area contributed by atoms with E-state index in [1.807, 2.05) is 18.4 Å². The predicted molar refractivity (Wildman–Crippen MR) is 70.7 cm³/mol. The maximum absolute atomic E-state index is 12.3. The molecule has 1 unspecified atom stereocenters. The maximum Gasteiger partial charge on any atom is 0.303 e. The number of hydrogen-bond donors (Lipinski definition) is 1. The van der Waals surface area contributed by atoms with Crippen molar-refractivity contribution in [2.45, 2.75) is 18.2 Å². The monoisotopic (exact) mass is 249 g/mol. The van der Waals surface area contributed by atoms with Crippen LogP contribution in [0.3, 0.4) is 0 Å². The van der Waals surface area contributed by atoms with Gasteiger partial charge in [-0.3, -0.25) is 4.79 Å². The lowest BCUT2D eigenvalue weighted by Gasteiger charge is -2.13. The Morgan fingerprint density at radius 3 is 2.76 bits per heavy atom. The van der Waals surface area contributed by atoms with Gasteiger partial charge >= 0.3 is 5.56 Å². The Morgan fingerprint density at radius 1 is 1.35 bits per heavy atom. The molecule has 3 nitrogen and oxygen atoms in total. The van der Waals surface area contributed by atoms with Crippen molar-refractivity contribution in [1.82, 2.24) is 4.98 Å². The van der Waals surface area contributed by atoms with Gasteiger partial charge in [0.15, 0.2) is 0 Å². The third kappa shape index (κ3) is 2.17. The molecule has 4 heteroatoms. The van der Waals surface area contributed by atoms with Crippen LogP contribution in [0, 0.1) is 0 Å². The number of nitrogens with one attached hydrogen (secondary N) is 1. The number of H-pyrrole nitrogens is 1. The zero-order valence-corrected chi connectivity index (χ0v) is 10.8. The van der Waals surface area contributed by atoms with Crippen LogP contribution in [0.2, 0.25) is 0 Å². The van der Waals surface area contributed by atoms with E-state index in [4.69, 9.17) is 0 Å². The molecular formula is C13H15NO2S. The van der Waals surface area contributed by atoms with E-state index in [0.717, 1.165) is 12.2 Å². The molecule has 2 rings (SSSR count). The Bertz CT molecular complexity index is 591. The van der Waals surface area contributed by atoms with E-state index < -0.39 is 0 Å². The van der Waals surface area contributed by atoms with Crippen molar-refractivity contribution in [2.75, 3.05) is 12.0 Å². The highest BCUT2D eigenvalue weighted by molar-refractivity contribution is 7.96. The molecule has 0 saturated heterocycles. The van der Waals surface area contributed by atoms with E-state index in [0.29, 0.717) is 15.8 Å². The minimum Gasteiger partial charge on any atom is -0.868 e. The Balaban J connectivity index is 2.68. The van der Waals surface area contributed by atoms with E-state index in [1.54, 1.807) is 12.1 Å². The van der Waals surface area contributed by atoms with E-state index in [-0.39, 0.29) is 22.2 Å². The molecule has 0 fully saturated rings. The second-order valence-corrected chi connectivity index (χ2v) is 6.09. The van der Waals surface area contributed by atoms with Gasteiger partial charge in [-0.05, 0) is 23.6 Å². The number of fused-ring (bicyclic) bond motifs is 1. The normalized spacial score (nSPS) is 12.8. The fourth-order valence-corrected chi connectivity index (χ4v) is 3.53. The largest absolute Gasteiger partial charge is 0.868 e. The fourth-order valence-electron chi connectivity index (χ4n) is 1.92. The Labute approximate surface area is 103 Å². The van der Waals surface area contributed by atoms with Crippen molar-refractivity contribution >= 4 is 21.8 Å². The smallest absolute Gasteiger partial charge is 0.303 e. The first-order valence-corrected chi connectivity index (χ1v) is 7.40. The Morgan fingerprint density at radius 2 is 2.06 bits per heavy atom. The van der Waals surface area contributed by atoms with E-state index in [9.17, 15) is 9.90 Å². The minimum absolute atomic E-state index is 0.108. The average molecular weight is 249 g/mol. The fraction of sp³-hybridized carbons (Fsp3) is 0.308. The summed E-state index contributed by atoms with van der Waals surface area (Å²) in [5, 5.41) is 12.9. The first-order valence-electron chi connectivity index (χ1n) is 5.59. The summed E-state index contributed by atoms with van der Waals surface area (Å²) in [4.78, 5) is 15.1. The quantitative estimate of drug-likeness (QED) is 0.840.